The molecule has 2 N–H and O–H groups in total. The van der Waals surface area contributed by atoms with Gasteiger partial charge in [-0.15, -0.1) is 0 Å². The van der Waals surface area contributed by atoms with Gasteiger partial charge in [0.05, 0.1) is 0 Å². The lowest BCUT2D eigenvalue weighted by Gasteiger charge is -2.07. The van der Waals surface area contributed by atoms with Crippen LogP contribution >= 0.6 is 23.2 Å². The van der Waals surface area contributed by atoms with Crippen molar-refractivity contribution in [2.75, 3.05) is 6.61 Å². The molecule has 0 heterocycles. The molecule has 0 aliphatic carbocycles. The molecule has 2 amide bonds. The number of carbonyl (C=O) groups is 3. The molecule has 0 unspecified atom stereocenters. The molecule has 0 radical (unpaired) electrons. The minimum atomic E-state index is -0.736. The Labute approximate surface area is 159 Å². The number of hydrogen-bond donors (Lipinski definition) is 2. The van der Waals surface area contributed by atoms with Crippen LogP contribution in [0.3, 0.4) is 0 Å². The third kappa shape index (κ3) is 6.23. The molecule has 0 saturated heterocycles. The molecule has 0 fully saturated rings. The second kappa shape index (κ2) is 9.60. The summed E-state index contributed by atoms with van der Waals surface area (Å²) in [7, 11) is 0. The molecule has 8 heteroatoms. The summed E-state index contributed by atoms with van der Waals surface area (Å²) in [6, 6.07) is 13.1. The van der Waals surface area contributed by atoms with E-state index in [9.17, 15) is 14.4 Å². The molecule has 0 atom stereocenters. The molecule has 0 bridgehead atoms. The van der Waals surface area contributed by atoms with Gasteiger partial charge in [0.2, 0.25) is 0 Å². The average molecular weight is 393 g/mol. The standard InChI is InChI=1S/C18H14Cl2N2O4/c19-14-8-6-12(15(20)10-14)7-9-17(24)26-11-16(23)21-22-18(25)13-4-2-1-3-5-13/h1-10H,11H2,(H,21,23)(H,22,25). The third-order valence-corrected chi connectivity index (χ3v) is 3.62. The van der Waals surface area contributed by atoms with Gasteiger partial charge >= 0.3 is 5.97 Å². The number of ether oxygens (including phenoxy) is 1. The maximum Gasteiger partial charge on any atom is 0.331 e. The van der Waals surface area contributed by atoms with Crippen molar-refractivity contribution in [3.8, 4) is 0 Å². The highest BCUT2D eigenvalue weighted by atomic mass is 35.5. The third-order valence-electron chi connectivity index (χ3n) is 3.06. The summed E-state index contributed by atoms with van der Waals surface area (Å²) in [5, 5.41) is 0.854. The van der Waals surface area contributed by atoms with Gasteiger partial charge in [-0.25, -0.2) is 4.79 Å². The predicted molar refractivity (Wildman–Crippen MR) is 98.5 cm³/mol. The fourth-order valence-corrected chi connectivity index (χ4v) is 2.28. The molecule has 0 spiro atoms. The van der Waals surface area contributed by atoms with Crippen molar-refractivity contribution in [1.29, 1.82) is 0 Å². The summed E-state index contributed by atoms with van der Waals surface area (Å²) < 4.78 is 4.77. The zero-order valence-corrected chi connectivity index (χ0v) is 14.9. The van der Waals surface area contributed by atoms with E-state index in [1.54, 1.807) is 42.5 Å². The molecule has 134 valence electrons. The van der Waals surface area contributed by atoms with Crippen LogP contribution in [0.2, 0.25) is 10.0 Å². The second-order valence-electron chi connectivity index (χ2n) is 4.98. The van der Waals surface area contributed by atoms with Crippen molar-refractivity contribution in [2.45, 2.75) is 0 Å². The maximum atomic E-state index is 11.7. The highest BCUT2D eigenvalue weighted by Gasteiger charge is 2.08. The molecular weight excluding hydrogens is 379 g/mol. The predicted octanol–water partition coefficient (Wildman–Crippen LogP) is 3.01. The van der Waals surface area contributed by atoms with Gasteiger partial charge in [0, 0.05) is 21.7 Å². The average Bonchev–Trinajstić information content (AvgIpc) is 2.64. The number of hydrogen-bond acceptors (Lipinski definition) is 4. The Morgan fingerprint density at radius 2 is 1.73 bits per heavy atom. The molecular formula is C18H14Cl2N2O4. The number of hydrazine groups is 1. The smallest absolute Gasteiger partial charge is 0.331 e. The summed E-state index contributed by atoms with van der Waals surface area (Å²) in [4.78, 5) is 34.9. The molecule has 6 nitrogen and oxygen atoms in total. The summed E-state index contributed by atoms with van der Waals surface area (Å²) >= 11 is 11.8. The monoisotopic (exact) mass is 392 g/mol. The van der Waals surface area contributed by atoms with Gasteiger partial charge in [-0.1, -0.05) is 47.5 Å². The minimum Gasteiger partial charge on any atom is -0.452 e. The van der Waals surface area contributed by atoms with Gasteiger partial charge in [0.15, 0.2) is 6.61 Å². The zero-order chi connectivity index (χ0) is 18.9. The van der Waals surface area contributed by atoms with Gasteiger partial charge in [-0.05, 0) is 35.9 Å². The van der Waals surface area contributed by atoms with Crippen LogP contribution in [0.25, 0.3) is 6.08 Å². The van der Waals surface area contributed by atoms with Crippen LogP contribution in [-0.2, 0) is 14.3 Å². The van der Waals surface area contributed by atoms with Crippen molar-refractivity contribution in [3.63, 3.8) is 0 Å². The highest BCUT2D eigenvalue weighted by Crippen LogP contribution is 2.21. The molecule has 2 aromatic carbocycles. The Bertz CT molecular complexity index is 838. The number of nitrogens with one attached hydrogen (secondary N) is 2. The Hall–Kier alpha value is -2.83. The number of carbonyl (C=O) groups excluding carboxylic acids is 3. The maximum absolute atomic E-state index is 11.7. The van der Waals surface area contributed by atoms with Crippen LogP contribution in [0.5, 0.6) is 0 Å². The molecule has 0 saturated carbocycles. The highest BCUT2D eigenvalue weighted by molar-refractivity contribution is 6.35. The Morgan fingerprint density at radius 1 is 1.00 bits per heavy atom. The lowest BCUT2D eigenvalue weighted by atomic mass is 10.2. The van der Waals surface area contributed by atoms with Crippen molar-refractivity contribution < 1.29 is 19.1 Å². The first-order chi connectivity index (χ1) is 12.5. The van der Waals surface area contributed by atoms with E-state index in [0.717, 1.165) is 6.08 Å². The molecule has 2 rings (SSSR count). The molecule has 26 heavy (non-hydrogen) atoms. The Morgan fingerprint density at radius 3 is 2.42 bits per heavy atom. The zero-order valence-electron chi connectivity index (χ0n) is 13.4. The Balaban J connectivity index is 1.75. The number of halogens is 2. The molecule has 0 aromatic heterocycles. The van der Waals surface area contributed by atoms with E-state index >= 15 is 0 Å². The Kier molecular flexibility index (Phi) is 7.20. The van der Waals surface area contributed by atoms with E-state index in [1.165, 1.54) is 12.1 Å². The first-order valence-corrected chi connectivity index (χ1v) is 8.15. The van der Waals surface area contributed by atoms with Crippen molar-refractivity contribution in [2.24, 2.45) is 0 Å². The van der Waals surface area contributed by atoms with Gasteiger partial charge in [0.25, 0.3) is 11.8 Å². The van der Waals surface area contributed by atoms with E-state index in [-0.39, 0.29) is 0 Å². The van der Waals surface area contributed by atoms with E-state index in [4.69, 9.17) is 27.9 Å². The van der Waals surface area contributed by atoms with E-state index in [0.29, 0.717) is 21.2 Å². The van der Waals surface area contributed by atoms with Crippen LogP contribution in [-0.4, -0.2) is 24.4 Å². The summed E-state index contributed by atoms with van der Waals surface area (Å²) in [6.07, 6.45) is 2.57. The lowest BCUT2D eigenvalue weighted by molar-refractivity contribution is -0.144. The van der Waals surface area contributed by atoms with Crippen LogP contribution in [0.1, 0.15) is 15.9 Å². The van der Waals surface area contributed by atoms with Crippen LogP contribution in [0.4, 0.5) is 0 Å². The van der Waals surface area contributed by atoms with Crippen molar-refractivity contribution in [1.82, 2.24) is 10.9 Å². The molecule has 0 aliphatic heterocycles. The molecule has 0 aliphatic rings. The van der Waals surface area contributed by atoms with Gasteiger partial charge in [-0.2, -0.15) is 0 Å². The SMILES string of the molecule is O=C(COC(=O)C=Cc1ccc(Cl)cc1Cl)NNC(=O)c1ccccc1. The second-order valence-corrected chi connectivity index (χ2v) is 5.82. The fraction of sp³-hybridized carbons (Fsp3) is 0.0556. The summed E-state index contributed by atoms with van der Waals surface area (Å²) in [5.41, 5.74) is 5.32. The van der Waals surface area contributed by atoms with Crippen molar-refractivity contribution in [3.05, 3.63) is 75.8 Å². The number of esters is 1. The summed E-state index contributed by atoms with van der Waals surface area (Å²) in [6.45, 7) is -0.549. The molecule has 2 aromatic rings. The van der Waals surface area contributed by atoms with Crippen LogP contribution in [0, 0.1) is 0 Å². The van der Waals surface area contributed by atoms with E-state index in [2.05, 4.69) is 10.9 Å². The van der Waals surface area contributed by atoms with Gasteiger partial charge < -0.3 is 4.74 Å². The number of rotatable bonds is 5. The van der Waals surface area contributed by atoms with Gasteiger partial charge in [0.1, 0.15) is 0 Å². The topological polar surface area (TPSA) is 84.5 Å². The minimum absolute atomic E-state index is 0.378. The van der Waals surface area contributed by atoms with E-state index < -0.39 is 24.4 Å². The van der Waals surface area contributed by atoms with Crippen molar-refractivity contribution >= 4 is 47.1 Å². The largest absolute Gasteiger partial charge is 0.452 e. The normalized spacial score (nSPS) is 10.4. The van der Waals surface area contributed by atoms with Crippen LogP contribution in [0.15, 0.2) is 54.6 Å². The number of amides is 2. The lowest BCUT2D eigenvalue weighted by Crippen LogP contribution is -2.43. The fourth-order valence-electron chi connectivity index (χ4n) is 1.80. The number of benzene rings is 2. The van der Waals surface area contributed by atoms with E-state index in [1.807, 2.05) is 0 Å². The quantitative estimate of drug-likeness (QED) is 0.465. The van der Waals surface area contributed by atoms with Gasteiger partial charge in [-0.3, -0.25) is 20.4 Å². The summed E-state index contributed by atoms with van der Waals surface area (Å²) in [5.74, 6) is -1.90. The van der Waals surface area contributed by atoms with Crippen LogP contribution < -0.4 is 10.9 Å². The first kappa shape index (κ1) is 19.5. The first-order valence-electron chi connectivity index (χ1n) is 7.40.